The average Bonchev–Trinajstić information content (AvgIpc) is 2.80. The Morgan fingerprint density at radius 1 is 0.909 bits per heavy atom. The molecule has 1 aliphatic carbocycles. The number of ether oxygens (including phenoxy) is 1. The fourth-order valence-corrected chi connectivity index (χ4v) is 4.79. The summed E-state index contributed by atoms with van der Waals surface area (Å²) in [6, 6.07) is 0. The molecule has 22 heavy (non-hydrogen) atoms. The highest BCUT2D eigenvalue weighted by Gasteiger charge is 2.93. The lowest BCUT2D eigenvalue weighted by Gasteiger charge is -2.43. The van der Waals surface area contributed by atoms with Crippen molar-refractivity contribution in [2.75, 3.05) is 0 Å². The second-order valence-electron chi connectivity index (χ2n) is 6.64. The molecule has 1 N–H and O–H groups in total. The van der Waals surface area contributed by atoms with Gasteiger partial charge in [-0.3, -0.25) is 0 Å². The molecule has 2 heterocycles. The first-order valence-electron chi connectivity index (χ1n) is 6.67. The maximum Gasteiger partial charge on any atom is 0.416 e. The molecule has 3 aliphatic rings. The summed E-state index contributed by atoms with van der Waals surface area (Å²) >= 11 is 0. The molecular formula is C12H14F6N2O2. The standard InChI is InChI=1S/C12H14F6N2O2/c1-4-5-6(7(21)22-4)10(12(16,17)18)8(2,3)9(5,19-20-10)11(13,14)15/h4-7,21H,1-3H3/t4-,5+,6+,7+,9+,10-/m1/s1. The van der Waals surface area contributed by atoms with Gasteiger partial charge in [0.05, 0.1) is 12.0 Å². The summed E-state index contributed by atoms with van der Waals surface area (Å²) in [5, 5.41) is 16.0. The Bertz CT molecular complexity index is 501. The number of azo groups is 1. The molecule has 4 nitrogen and oxygen atoms in total. The third kappa shape index (κ3) is 1.27. The molecule has 1 saturated carbocycles. The van der Waals surface area contributed by atoms with Crippen LogP contribution in [0.5, 0.6) is 0 Å². The van der Waals surface area contributed by atoms with Gasteiger partial charge in [0.2, 0.25) is 0 Å². The summed E-state index contributed by atoms with van der Waals surface area (Å²) in [6.07, 6.45) is -13.3. The quantitative estimate of drug-likeness (QED) is 0.693. The highest BCUT2D eigenvalue weighted by atomic mass is 19.4. The number of halogens is 6. The van der Waals surface area contributed by atoms with Crippen LogP contribution >= 0.6 is 0 Å². The summed E-state index contributed by atoms with van der Waals surface area (Å²) in [4.78, 5) is 0. The number of nitrogens with zero attached hydrogens (tertiary/aromatic N) is 2. The molecule has 0 radical (unpaired) electrons. The summed E-state index contributed by atoms with van der Waals surface area (Å²) in [7, 11) is 0. The van der Waals surface area contributed by atoms with Crippen LogP contribution in [0.2, 0.25) is 0 Å². The molecular weight excluding hydrogens is 318 g/mol. The zero-order chi connectivity index (χ0) is 16.9. The Hall–Kier alpha value is -0.900. The Balaban J connectivity index is 2.35. The van der Waals surface area contributed by atoms with Crippen molar-refractivity contribution in [2.24, 2.45) is 27.5 Å². The topological polar surface area (TPSA) is 54.2 Å². The van der Waals surface area contributed by atoms with Crippen LogP contribution in [0.4, 0.5) is 26.3 Å². The smallest absolute Gasteiger partial charge is 0.368 e. The third-order valence-electron chi connectivity index (χ3n) is 5.65. The minimum absolute atomic E-state index is 0.867. The molecule has 2 fully saturated rings. The van der Waals surface area contributed by atoms with Gasteiger partial charge in [0.25, 0.3) is 0 Å². The van der Waals surface area contributed by atoms with Crippen LogP contribution in [0.3, 0.4) is 0 Å². The van der Waals surface area contributed by atoms with E-state index in [9.17, 15) is 31.4 Å². The van der Waals surface area contributed by atoms with E-state index in [0.717, 1.165) is 13.8 Å². The zero-order valence-corrected chi connectivity index (χ0v) is 11.8. The van der Waals surface area contributed by atoms with Crippen LogP contribution in [0.15, 0.2) is 10.2 Å². The van der Waals surface area contributed by atoms with Gasteiger partial charge in [0.15, 0.2) is 17.4 Å². The average molecular weight is 332 g/mol. The number of fused-ring (bicyclic) bond motifs is 5. The van der Waals surface area contributed by atoms with E-state index in [4.69, 9.17) is 4.74 Å². The van der Waals surface area contributed by atoms with E-state index < -0.39 is 53.1 Å². The SMILES string of the molecule is C[C@H]1O[C@H](O)[C@@H]2[C@H]1[C@]1(C(F)(F)F)N=N[C@@]2(C(F)(F)F)C1(C)C. The maximum absolute atomic E-state index is 13.8. The molecule has 1 saturated heterocycles. The normalized spacial score (nSPS) is 49.7. The molecule has 0 aromatic rings. The monoisotopic (exact) mass is 332 g/mol. The van der Waals surface area contributed by atoms with E-state index in [1.165, 1.54) is 6.92 Å². The van der Waals surface area contributed by atoms with Crippen LogP contribution in [0.1, 0.15) is 20.8 Å². The van der Waals surface area contributed by atoms with E-state index in [1.54, 1.807) is 0 Å². The van der Waals surface area contributed by atoms with Crippen molar-refractivity contribution in [3.63, 3.8) is 0 Å². The van der Waals surface area contributed by atoms with Gasteiger partial charge in [-0.05, 0) is 6.92 Å². The molecule has 2 bridgehead atoms. The second kappa shape index (κ2) is 3.77. The number of hydrogen-bond acceptors (Lipinski definition) is 4. The first-order valence-corrected chi connectivity index (χ1v) is 6.67. The Morgan fingerprint density at radius 2 is 1.32 bits per heavy atom. The van der Waals surface area contributed by atoms with Crippen LogP contribution in [-0.4, -0.2) is 40.9 Å². The Kier molecular flexibility index (Phi) is 2.74. The summed E-state index contributed by atoms with van der Waals surface area (Å²) in [5.41, 5.74) is -8.54. The molecule has 3 rings (SSSR count). The van der Waals surface area contributed by atoms with Gasteiger partial charge in [0.1, 0.15) is 0 Å². The minimum Gasteiger partial charge on any atom is -0.368 e. The molecule has 0 spiro atoms. The van der Waals surface area contributed by atoms with Gasteiger partial charge in [-0.1, -0.05) is 13.8 Å². The van der Waals surface area contributed by atoms with E-state index in [2.05, 4.69) is 10.2 Å². The van der Waals surface area contributed by atoms with Crippen molar-refractivity contribution in [3.05, 3.63) is 0 Å². The molecule has 0 aromatic carbocycles. The lowest BCUT2D eigenvalue weighted by atomic mass is 9.65. The first-order chi connectivity index (χ1) is 9.76. The first kappa shape index (κ1) is 16.0. The van der Waals surface area contributed by atoms with Crippen molar-refractivity contribution in [2.45, 2.75) is 56.6 Å². The largest absolute Gasteiger partial charge is 0.416 e. The molecule has 0 aromatic heterocycles. The molecule has 126 valence electrons. The summed E-state index contributed by atoms with van der Waals surface area (Å²) < 4.78 is 87.5. The molecule has 10 heteroatoms. The second-order valence-corrected chi connectivity index (χ2v) is 6.64. The lowest BCUT2D eigenvalue weighted by molar-refractivity contribution is -0.256. The van der Waals surface area contributed by atoms with Crippen molar-refractivity contribution >= 4 is 0 Å². The Labute approximate surface area is 121 Å². The molecule has 2 aliphatic heterocycles. The summed E-state index contributed by atoms with van der Waals surface area (Å²) in [6.45, 7) is 2.95. The van der Waals surface area contributed by atoms with Crippen molar-refractivity contribution < 1.29 is 36.2 Å². The van der Waals surface area contributed by atoms with Gasteiger partial charge in [-0.15, -0.1) is 0 Å². The predicted molar refractivity (Wildman–Crippen MR) is 59.7 cm³/mol. The van der Waals surface area contributed by atoms with E-state index in [1.807, 2.05) is 0 Å². The zero-order valence-electron chi connectivity index (χ0n) is 11.8. The van der Waals surface area contributed by atoms with Crippen molar-refractivity contribution in [1.29, 1.82) is 0 Å². The lowest BCUT2D eigenvalue weighted by Crippen LogP contribution is -2.61. The van der Waals surface area contributed by atoms with Crippen LogP contribution < -0.4 is 0 Å². The summed E-state index contributed by atoms with van der Waals surface area (Å²) in [5.74, 6) is -3.48. The third-order valence-corrected chi connectivity index (χ3v) is 5.65. The van der Waals surface area contributed by atoms with Crippen LogP contribution in [0.25, 0.3) is 0 Å². The molecule has 0 amide bonds. The molecule has 6 atom stereocenters. The predicted octanol–water partition coefficient (Wildman–Crippen LogP) is 3.06. The van der Waals surface area contributed by atoms with Gasteiger partial charge >= 0.3 is 12.4 Å². The van der Waals surface area contributed by atoms with Gasteiger partial charge in [0, 0.05) is 11.3 Å². The molecule has 0 unspecified atom stereocenters. The number of aliphatic hydroxyl groups is 1. The number of aliphatic hydroxyl groups excluding tert-OH is 1. The highest BCUT2D eigenvalue weighted by Crippen LogP contribution is 2.77. The van der Waals surface area contributed by atoms with E-state index >= 15 is 0 Å². The maximum atomic E-state index is 13.8. The van der Waals surface area contributed by atoms with Crippen molar-refractivity contribution in [1.82, 2.24) is 0 Å². The fraction of sp³-hybridized carbons (Fsp3) is 1.00. The van der Waals surface area contributed by atoms with Gasteiger partial charge in [-0.25, -0.2) is 0 Å². The van der Waals surface area contributed by atoms with Gasteiger partial charge in [-0.2, -0.15) is 36.6 Å². The van der Waals surface area contributed by atoms with E-state index in [-0.39, 0.29) is 0 Å². The number of hydrogen-bond donors (Lipinski definition) is 1. The van der Waals surface area contributed by atoms with Crippen molar-refractivity contribution in [3.8, 4) is 0 Å². The number of rotatable bonds is 0. The Morgan fingerprint density at radius 3 is 1.73 bits per heavy atom. The van der Waals surface area contributed by atoms with Crippen LogP contribution in [0, 0.1) is 17.3 Å². The number of alkyl halides is 6. The van der Waals surface area contributed by atoms with E-state index in [0.29, 0.717) is 0 Å². The highest BCUT2D eigenvalue weighted by molar-refractivity contribution is 5.35. The van der Waals surface area contributed by atoms with Gasteiger partial charge < -0.3 is 9.84 Å². The fourth-order valence-electron chi connectivity index (χ4n) is 4.79. The minimum atomic E-state index is -5.10. The van der Waals surface area contributed by atoms with Crippen LogP contribution in [-0.2, 0) is 4.74 Å².